The number of rotatable bonds is 4. The third kappa shape index (κ3) is 3.52. The van der Waals surface area contributed by atoms with Gasteiger partial charge in [-0.2, -0.15) is 16.8 Å². The summed E-state index contributed by atoms with van der Waals surface area (Å²) in [6, 6.07) is 10.7. The molecular weight excluding hydrogens is 466 g/mol. The Labute approximate surface area is 181 Å². The van der Waals surface area contributed by atoms with Gasteiger partial charge in [0.25, 0.3) is 0 Å². The molecule has 8 nitrogen and oxygen atoms in total. The van der Waals surface area contributed by atoms with Gasteiger partial charge >= 0.3 is 20.4 Å². The lowest BCUT2D eigenvalue weighted by Gasteiger charge is -2.23. The van der Waals surface area contributed by atoms with E-state index in [0.717, 1.165) is 30.3 Å². The van der Waals surface area contributed by atoms with Crippen molar-refractivity contribution >= 4 is 49.1 Å². The summed E-state index contributed by atoms with van der Waals surface area (Å²) in [4.78, 5) is 24.5. The molecule has 0 spiro atoms. The van der Waals surface area contributed by atoms with Crippen molar-refractivity contribution in [3.63, 3.8) is 0 Å². The van der Waals surface area contributed by atoms with Gasteiger partial charge in [-0.15, -0.1) is 7.77 Å². The Kier molecular flexibility index (Phi) is 4.86. The van der Waals surface area contributed by atoms with Crippen molar-refractivity contribution in [1.82, 2.24) is 0 Å². The maximum atomic E-state index is 13.9. The molecule has 3 aromatic rings. The number of anilines is 3. The maximum Gasteiger partial charge on any atom is 0.334 e. The highest BCUT2D eigenvalue weighted by Crippen LogP contribution is 2.40. The van der Waals surface area contributed by atoms with E-state index in [-0.39, 0.29) is 28.1 Å². The molecule has 0 radical (unpaired) electrons. The van der Waals surface area contributed by atoms with Crippen LogP contribution in [0.3, 0.4) is 0 Å². The zero-order valence-corrected chi connectivity index (χ0v) is 17.4. The second-order valence-corrected chi connectivity index (χ2v) is 9.48. The first-order chi connectivity index (χ1) is 14.9. The molecule has 0 amide bonds. The molecule has 1 aliphatic carbocycles. The van der Waals surface area contributed by atoms with Crippen LogP contribution in [0.25, 0.3) is 0 Å². The summed E-state index contributed by atoms with van der Waals surface area (Å²) in [6.07, 6.45) is 0. The standard InChI is InChI=1S/C20H12F2N2O6S2/c21-31(27,28)11-7-5-10(6-8-11)24-14-9-15(32(22,29)30)18(23)17-16(14)19(25)12-3-1-2-4-13(12)20(17)26/h1-9,24H,23H2. The highest BCUT2D eigenvalue weighted by molar-refractivity contribution is 7.86. The zero-order valence-electron chi connectivity index (χ0n) is 15.8. The fraction of sp³-hybridized carbons (Fsp3) is 0. The number of ketones is 2. The number of carbonyl (C=O) groups is 2. The van der Waals surface area contributed by atoms with Gasteiger partial charge in [0, 0.05) is 16.8 Å². The van der Waals surface area contributed by atoms with Crippen LogP contribution in [0.2, 0.25) is 0 Å². The average Bonchev–Trinajstić information content (AvgIpc) is 2.72. The fourth-order valence-electron chi connectivity index (χ4n) is 3.45. The van der Waals surface area contributed by atoms with Crippen LogP contribution < -0.4 is 11.1 Å². The van der Waals surface area contributed by atoms with Gasteiger partial charge in [-0.1, -0.05) is 24.3 Å². The molecule has 0 heterocycles. The number of nitrogens with two attached hydrogens (primary N) is 1. The van der Waals surface area contributed by atoms with Crippen LogP contribution in [-0.2, 0) is 20.4 Å². The largest absolute Gasteiger partial charge is 0.397 e. The molecule has 0 atom stereocenters. The number of benzene rings is 3. The molecule has 3 aromatic carbocycles. The highest BCUT2D eigenvalue weighted by atomic mass is 32.3. The second-order valence-electron chi connectivity index (χ2n) is 6.81. The molecule has 0 saturated carbocycles. The molecule has 0 fully saturated rings. The molecule has 4 rings (SSSR count). The molecule has 164 valence electrons. The van der Waals surface area contributed by atoms with Crippen molar-refractivity contribution in [2.45, 2.75) is 9.79 Å². The third-order valence-corrected chi connectivity index (χ3v) is 6.58. The lowest BCUT2D eigenvalue weighted by Crippen LogP contribution is -2.24. The van der Waals surface area contributed by atoms with E-state index >= 15 is 0 Å². The van der Waals surface area contributed by atoms with E-state index in [4.69, 9.17) is 5.73 Å². The minimum absolute atomic E-state index is 0.0199. The van der Waals surface area contributed by atoms with Gasteiger partial charge in [-0.25, -0.2) is 0 Å². The second kappa shape index (κ2) is 7.21. The first kappa shape index (κ1) is 21.6. The number of fused-ring (bicyclic) bond motifs is 2. The molecule has 3 N–H and O–H groups in total. The first-order valence-electron chi connectivity index (χ1n) is 8.81. The number of halogens is 2. The van der Waals surface area contributed by atoms with Crippen LogP contribution in [0.15, 0.2) is 64.4 Å². The molecule has 0 unspecified atom stereocenters. The lowest BCUT2D eigenvalue weighted by molar-refractivity contribution is 0.0980. The van der Waals surface area contributed by atoms with Gasteiger partial charge in [-0.3, -0.25) is 9.59 Å². The maximum absolute atomic E-state index is 13.9. The summed E-state index contributed by atoms with van der Waals surface area (Å²) in [7, 11) is -10.3. The van der Waals surface area contributed by atoms with Crippen molar-refractivity contribution in [2.75, 3.05) is 11.1 Å². The topological polar surface area (TPSA) is 140 Å². The number of nitrogen functional groups attached to an aromatic ring is 1. The van der Waals surface area contributed by atoms with Crippen LogP contribution in [0.5, 0.6) is 0 Å². The molecule has 12 heteroatoms. The van der Waals surface area contributed by atoms with Crippen LogP contribution in [0.1, 0.15) is 31.8 Å². The van der Waals surface area contributed by atoms with Crippen LogP contribution >= 0.6 is 0 Å². The fourth-order valence-corrected chi connectivity index (χ4v) is 4.53. The molecule has 0 bridgehead atoms. The Morgan fingerprint density at radius 3 is 1.78 bits per heavy atom. The van der Waals surface area contributed by atoms with E-state index in [0.29, 0.717) is 0 Å². The normalized spacial score (nSPS) is 13.4. The van der Waals surface area contributed by atoms with Crippen molar-refractivity contribution in [3.05, 3.63) is 76.9 Å². The van der Waals surface area contributed by atoms with Crippen molar-refractivity contribution < 1.29 is 34.2 Å². The molecule has 1 aliphatic rings. The van der Waals surface area contributed by atoms with E-state index in [1.54, 1.807) is 0 Å². The van der Waals surface area contributed by atoms with Crippen LogP contribution in [-0.4, -0.2) is 28.4 Å². The third-order valence-electron chi connectivity index (χ3n) is 4.88. The smallest absolute Gasteiger partial charge is 0.334 e. The Balaban J connectivity index is 1.95. The number of nitrogens with one attached hydrogen (secondary N) is 1. The molecular formula is C20H12F2N2O6S2. The SMILES string of the molecule is Nc1c(S(=O)(=O)F)cc(Nc2ccc(S(=O)(=O)F)cc2)c2c1C(=O)c1ccccc1C2=O. The van der Waals surface area contributed by atoms with Gasteiger partial charge in [0.2, 0.25) is 0 Å². The van der Waals surface area contributed by atoms with Gasteiger partial charge in [0.05, 0.1) is 27.4 Å². The summed E-state index contributed by atoms with van der Waals surface area (Å²) in [6.45, 7) is 0. The van der Waals surface area contributed by atoms with Crippen molar-refractivity contribution in [1.29, 1.82) is 0 Å². The lowest BCUT2D eigenvalue weighted by atomic mass is 9.82. The number of carbonyl (C=O) groups excluding carboxylic acids is 2. The van der Waals surface area contributed by atoms with Gasteiger partial charge in [0.1, 0.15) is 4.90 Å². The summed E-state index contributed by atoms with van der Waals surface area (Å²) in [5, 5.41) is 2.66. The Hall–Kier alpha value is -3.64. The minimum atomic E-state index is -5.38. The van der Waals surface area contributed by atoms with Crippen LogP contribution in [0, 0.1) is 0 Å². The Morgan fingerprint density at radius 1 is 0.750 bits per heavy atom. The molecule has 0 saturated heterocycles. The van der Waals surface area contributed by atoms with Gasteiger partial charge < -0.3 is 11.1 Å². The number of hydrogen-bond donors (Lipinski definition) is 2. The zero-order chi connectivity index (χ0) is 23.4. The van der Waals surface area contributed by atoms with Crippen molar-refractivity contribution in [2.24, 2.45) is 0 Å². The van der Waals surface area contributed by atoms with Gasteiger partial charge in [-0.05, 0) is 30.3 Å². The predicted molar refractivity (Wildman–Crippen MR) is 110 cm³/mol. The highest BCUT2D eigenvalue weighted by Gasteiger charge is 2.36. The molecule has 32 heavy (non-hydrogen) atoms. The molecule has 0 aliphatic heterocycles. The van der Waals surface area contributed by atoms with E-state index in [1.165, 1.54) is 24.3 Å². The first-order valence-corrected chi connectivity index (χ1v) is 11.6. The summed E-state index contributed by atoms with van der Waals surface area (Å²) in [5.74, 6) is -1.42. The van der Waals surface area contributed by atoms with Gasteiger partial charge in [0.15, 0.2) is 11.6 Å². The van der Waals surface area contributed by atoms with E-state index < -0.39 is 53.1 Å². The minimum Gasteiger partial charge on any atom is -0.397 e. The quantitative estimate of drug-likeness (QED) is 0.337. The molecule has 0 aromatic heterocycles. The summed E-state index contributed by atoms with van der Waals surface area (Å²) >= 11 is 0. The monoisotopic (exact) mass is 478 g/mol. The van der Waals surface area contributed by atoms with E-state index in [1.807, 2.05) is 0 Å². The average molecular weight is 478 g/mol. The van der Waals surface area contributed by atoms with Crippen molar-refractivity contribution in [3.8, 4) is 0 Å². The predicted octanol–water partition coefficient (Wildman–Crippen LogP) is 3.10. The Morgan fingerprint density at radius 2 is 1.28 bits per heavy atom. The number of hydrogen-bond acceptors (Lipinski definition) is 8. The summed E-state index contributed by atoms with van der Waals surface area (Å²) in [5.41, 5.74) is 4.21. The van der Waals surface area contributed by atoms with E-state index in [9.17, 15) is 34.2 Å². The summed E-state index contributed by atoms with van der Waals surface area (Å²) < 4.78 is 72.3. The van der Waals surface area contributed by atoms with E-state index in [2.05, 4.69) is 5.32 Å². The Bertz CT molecular complexity index is 1530. The van der Waals surface area contributed by atoms with Crippen LogP contribution in [0.4, 0.5) is 24.8 Å².